The fraction of sp³-hybridized carbons (Fsp3) is 0.120. The standard InChI is InChI=1S/C25H20O6/c1-15-4-7-17(8-5-15)25(27)31-20-11-6-16(12-22(20)29-3)13-23-24(26)19-10-9-18(28-2)14-21(19)30-23/h4-14H,1-3H3/b23-13-. The van der Waals surface area contributed by atoms with Gasteiger partial charge in [-0.05, 0) is 55.0 Å². The Bertz CT molecular complexity index is 1190. The Morgan fingerprint density at radius 1 is 0.903 bits per heavy atom. The Hall–Kier alpha value is -4.06. The molecule has 0 saturated heterocycles. The molecule has 0 bridgehead atoms. The van der Waals surface area contributed by atoms with E-state index < -0.39 is 5.97 Å². The predicted molar refractivity (Wildman–Crippen MR) is 115 cm³/mol. The Morgan fingerprint density at radius 3 is 2.39 bits per heavy atom. The minimum atomic E-state index is -0.483. The lowest BCUT2D eigenvalue weighted by Gasteiger charge is -2.10. The zero-order valence-electron chi connectivity index (χ0n) is 17.3. The first-order valence-electron chi connectivity index (χ1n) is 9.57. The number of allylic oxidation sites excluding steroid dienone is 1. The fourth-order valence-electron chi connectivity index (χ4n) is 3.15. The molecule has 1 aliphatic heterocycles. The first-order chi connectivity index (χ1) is 15.0. The molecule has 3 aromatic rings. The van der Waals surface area contributed by atoms with Crippen LogP contribution in [0, 0.1) is 6.92 Å². The maximum absolute atomic E-state index is 12.6. The summed E-state index contributed by atoms with van der Waals surface area (Å²) in [6.07, 6.45) is 1.61. The summed E-state index contributed by atoms with van der Waals surface area (Å²) < 4.78 is 21.7. The molecule has 156 valence electrons. The van der Waals surface area contributed by atoms with Crippen molar-refractivity contribution in [3.63, 3.8) is 0 Å². The van der Waals surface area contributed by atoms with Gasteiger partial charge in [0.2, 0.25) is 5.78 Å². The van der Waals surface area contributed by atoms with Crippen LogP contribution in [0.15, 0.2) is 66.4 Å². The summed E-state index contributed by atoms with van der Waals surface area (Å²) in [5.41, 5.74) is 2.63. The predicted octanol–water partition coefficient (Wildman–Crippen LogP) is 4.85. The van der Waals surface area contributed by atoms with Gasteiger partial charge in [0.25, 0.3) is 0 Å². The van der Waals surface area contributed by atoms with E-state index in [2.05, 4.69) is 0 Å². The molecule has 0 N–H and O–H groups in total. The third-order valence-corrected chi connectivity index (χ3v) is 4.85. The minimum absolute atomic E-state index is 0.190. The van der Waals surface area contributed by atoms with Gasteiger partial charge in [0.05, 0.1) is 25.3 Å². The highest BCUT2D eigenvalue weighted by molar-refractivity contribution is 6.14. The van der Waals surface area contributed by atoms with Crippen molar-refractivity contribution in [3.05, 3.63) is 88.7 Å². The van der Waals surface area contributed by atoms with E-state index in [4.69, 9.17) is 18.9 Å². The third-order valence-electron chi connectivity index (χ3n) is 4.85. The highest BCUT2D eigenvalue weighted by Crippen LogP contribution is 2.36. The Labute approximate surface area is 179 Å². The van der Waals surface area contributed by atoms with Gasteiger partial charge >= 0.3 is 5.97 Å². The summed E-state index contributed by atoms with van der Waals surface area (Å²) in [4.78, 5) is 25.0. The van der Waals surface area contributed by atoms with Gasteiger partial charge in [0, 0.05) is 6.07 Å². The number of esters is 1. The average molecular weight is 416 g/mol. The first kappa shape index (κ1) is 20.2. The van der Waals surface area contributed by atoms with E-state index in [9.17, 15) is 9.59 Å². The fourth-order valence-corrected chi connectivity index (χ4v) is 3.15. The molecule has 0 spiro atoms. The quantitative estimate of drug-likeness (QED) is 0.336. The number of benzene rings is 3. The summed E-state index contributed by atoms with van der Waals surface area (Å²) in [5.74, 6) is 1.19. The lowest BCUT2D eigenvalue weighted by molar-refractivity contribution is 0.0729. The van der Waals surface area contributed by atoms with Gasteiger partial charge in [0.1, 0.15) is 11.5 Å². The smallest absolute Gasteiger partial charge is 0.343 e. The van der Waals surface area contributed by atoms with Crippen LogP contribution in [0.1, 0.15) is 31.8 Å². The molecule has 4 rings (SSSR count). The summed E-state index contributed by atoms with van der Waals surface area (Å²) in [6, 6.07) is 17.2. The van der Waals surface area contributed by atoms with Crippen molar-refractivity contribution in [3.8, 4) is 23.0 Å². The van der Waals surface area contributed by atoms with E-state index in [1.54, 1.807) is 61.7 Å². The molecule has 3 aromatic carbocycles. The van der Waals surface area contributed by atoms with Gasteiger partial charge in [-0.1, -0.05) is 23.8 Å². The lowest BCUT2D eigenvalue weighted by atomic mass is 10.1. The van der Waals surface area contributed by atoms with Crippen LogP contribution in [-0.4, -0.2) is 26.0 Å². The molecule has 0 atom stereocenters. The van der Waals surface area contributed by atoms with Crippen molar-refractivity contribution in [1.82, 2.24) is 0 Å². The molecule has 31 heavy (non-hydrogen) atoms. The van der Waals surface area contributed by atoms with Crippen molar-refractivity contribution < 1.29 is 28.5 Å². The normalized spacial score (nSPS) is 13.5. The Balaban J connectivity index is 1.56. The molecule has 0 saturated carbocycles. The minimum Gasteiger partial charge on any atom is -0.497 e. The third kappa shape index (κ3) is 4.14. The zero-order valence-corrected chi connectivity index (χ0v) is 17.3. The van der Waals surface area contributed by atoms with Crippen LogP contribution in [0.4, 0.5) is 0 Å². The van der Waals surface area contributed by atoms with E-state index in [0.717, 1.165) is 5.56 Å². The molecular weight excluding hydrogens is 396 g/mol. The number of carbonyl (C=O) groups excluding carboxylic acids is 2. The number of hydrogen-bond donors (Lipinski definition) is 0. The molecular formula is C25H20O6. The van der Waals surface area contributed by atoms with Crippen molar-refractivity contribution in [2.24, 2.45) is 0 Å². The molecule has 6 heteroatoms. The van der Waals surface area contributed by atoms with E-state index >= 15 is 0 Å². The van der Waals surface area contributed by atoms with Gasteiger partial charge in [-0.2, -0.15) is 0 Å². The van der Waals surface area contributed by atoms with Crippen LogP contribution in [0.3, 0.4) is 0 Å². The molecule has 0 radical (unpaired) electrons. The second-order valence-corrected chi connectivity index (χ2v) is 6.97. The van der Waals surface area contributed by atoms with E-state index in [1.165, 1.54) is 7.11 Å². The van der Waals surface area contributed by atoms with Crippen LogP contribution < -0.4 is 18.9 Å². The maximum Gasteiger partial charge on any atom is 0.343 e. The van der Waals surface area contributed by atoms with Gasteiger partial charge < -0.3 is 18.9 Å². The number of rotatable bonds is 5. The topological polar surface area (TPSA) is 71.1 Å². The maximum atomic E-state index is 12.6. The van der Waals surface area contributed by atoms with Crippen LogP contribution in [0.5, 0.6) is 23.0 Å². The second-order valence-electron chi connectivity index (χ2n) is 6.97. The molecule has 0 aliphatic carbocycles. The summed E-state index contributed by atoms with van der Waals surface area (Å²) in [6.45, 7) is 1.94. The van der Waals surface area contributed by atoms with Crippen LogP contribution >= 0.6 is 0 Å². The zero-order chi connectivity index (χ0) is 22.0. The number of fused-ring (bicyclic) bond motifs is 1. The van der Waals surface area contributed by atoms with E-state index in [0.29, 0.717) is 33.9 Å². The van der Waals surface area contributed by atoms with Crippen LogP contribution in [0.25, 0.3) is 6.08 Å². The van der Waals surface area contributed by atoms with Crippen LogP contribution in [0.2, 0.25) is 0 Å². The Kier molecular flexibility index (Phi) is 5.45. The number of methoxy groups -OCH3 is 2. The van der Waals surface area contributed by atoms with E-state index in [-0.39, 0.29) is 17.3 Å². The van der Waals surface area contributed by atoms with Gasteiger partial charge in [-0.3, -0.25) is 4.79 Å². The summed E-state index contributed by atoms with van der Waals surface area (Å²) >= 11 is 0. The number of ketones is 1. The van der Waals surface area contributed by atoms with E-state index in [1.807, 2.05) is 19.1 Å². The summed E-state index contributed by atoms with van der Waals surface area (Å²) in [5, 5.41) is 0. The second kappa shape index (κ2) is 8.36. The van der Waals surface area contributed by atoms with Crippen molar-refractivity contribution in [1.29, 1.82) is 0 Å². The van der Waals surface area contributed by atoms with Crippen molar-refractivity contribution >= 4 is 17.8 Å². The van der Waals surface area contributed by atoms with Crippen LogP contribution in [-0.2, 0) is 0 Å². The summed E-state index contributed by atoms with van der Waals surface area (Å²) in [7, 11) is 3.03. The average Bonchev–Trinajstić information content (AvgIpc) is 3.09. The lowest BCUT2D eigenvalue weighted by Crippen LogP contribution is -2.09. The number of ether oxygens (including phenoxy) is 4. The highest BCUT2D eigenvalue weighted by atomic mass is 16.6. The number of aryl methyl sites for hydroxylation is 1. The SMILES string of the molecule is COc1ccc2c(c1)O/C(=C\c1ccc(OC(=O)c3ccc(C)cc3)c(OC)c1)C2=O. The highest BCUT2D eigenvalue weighted by Gasteiger charge is 2.27. The number of hydrogen-bond acceptors (Lipinski definition) is 6. The molecule has 0 unspecified atom stereocenters. The molecule has 0 amide bonds. The first-order valence-corrected chi connectivity index (χ1v) is 9.57. The van der Waals surface area contributed by atoms with Gasteiger partial charge in [-0.25, -0.2) is 4.79 Å². The Morgan fingerprint density at radius 2 is 1.68 bits per heavy atom. The van der Waals surface area contributed by atoms with Gasteiger partial charge in [0.15, 0.2) is 17.3 Å². The van der Waals surface area contributed by atoms with Gasteiger partial charge in [-0.15, -0.1) is 0 Å². The molecule has 6 nitrogen and oxygen atoms in total. The molecule has 0 aromatic heterocycles. The molecule has 1 heterocycles. The molecule has 1 aliphatic rings. The molecule has 0 fully saturated rings. The number of Topliss-reactive ketones (excluding diaryl/α,β-unsaturated/α-hetero) is 1. The number of carbonyl (C=O) groups is 2. The van der Waals surface area contributed by atoms with Crippen molar-refractivity contribution in [2.45, 2.75) is 6.92 Å². The van der Waals surface area contributed by atoms with Crippen molar-refractivity contribution in [2.75, 3.05) is 14.2 Å². The largest absolute Gasteiger partial charge is 0.497 e. The monoisotopic (exact) mass is 416 g/mol.